The number of rotatable bonds is 8. The molecule has 0 spiro atoms. The Morgan fingerprint density at radius 1 is 1.00 bits per heavy atom. The fourth-order valence-corrected chi connectivity index (χ4v) is 7.34. The number of carbonyl (C=O) groups is 1. The Hall–Kier alpha value is -2.69. The SMILES string of the molecule is COc1cc(NC(=O)N[C@@H]2CS(=O)(=O)C[C@H]2N2CCC(Cc3ccc(Cl)cc3)CC2)cc(OC)c1OC. The zero-order valence-corrected chi connectivity index (χ0v) is 22.9. The van der Waals surface area contributed by atoms with Crippen LogP contribution in [-0.4, -0.2) is 77.4 Å². The molecule has 2 aromatic rings. The van der Waals surface area contributed by atoms with Gasteiger partial charge in [0, 0.05) is 23.2 Å². The molecule has 4 rings (SSSR count). The van der Waals surface area contributed by atoms with Gasteiger partial charge >= 0.3 is 6.03 Å². The second kappa shape index (κ2) is 11.8. The molecule has 0 bridgehead atoms. The maximum Gasteiger partial charge on any atom is 0.319 e. The summed E-state index contributed by atoms with van der Waals surface area (Å²) in [6.07, 6.45) is 2.93. The standard InChI is InChI=1S/C26H34ClN3O6S/c1-34-23-13-20(14-24(35-2)25(23)36-3)28-26(31)29-21-15-37(32,33)16-22(21)30-10-8-18(9-11-30)12-17-4-6-19(27)7-5-17/h4-7,13-14,18,21-22H,8-12,15-16H2,1-3H3,(H2,28,29,31)/t21-,22-/m1/s1. The molecule has 0 aliphatic carbocycles. The van der Waals surface area contributed by atoms with Crippen LogP contribution >= 0.6 is 11.6 Å². The zero-order valence-electron chi connectivity index (χ0n) is 21.3. The molecule has 0 unspecified atom stereocenters. The fraction of sp³-hybridized carbons (Fsp3) is 0.500. The normalized spacial score (nSPS) is 21.8. The van der Waals surface area contributed by atoms with E-state index in [4.69, 9.17) is 25.8 Å². The lowest BCUT2D eigenvalue weighted by molar-refractivity contribution is 0.128. The Morgan fingerprint density at radius 3 is 2.19 bits per heavy atom. The summed E-state index contributed by atoms with van der Waals surface area (Å²) in [5, 5.41) is 6.39. The first kappa shape index (κ1) is 27.3. The number of carbonyl (C=O) groups excluding carboxylic acids is 1. The van der Waals surface area contributed by atoms with Crippen LogP contribution in [0.15, 0.2) is 36.4 Å². The Balaban J connectivity index is 1.38. The van der Waals surface area contributed by atoms with Crippen LogP contribution in [0.5, 0.6) is 17.2 Å². The number of nitrogens with one attached hydrogen (secondary N) is 2. The predicted molar refractivity (Wildman–Crippen MR) is 144 cm³/mol. The number of piperidine rings is 1. The number of likely N-dealkylation sites (tertiary alicyclic amines) is 1. The van der Waals surface area contributed by atoms with Crippen LogP contribution in [0.4, 0.5) is 10.5 Å². The first-order valence-corrected chi connectivity index (χ1v) is 14.5. The number of anilines is 1. The zero-order chi connectivity index (χ0) is 26.6. The molecular weight excluding hydrogens is 518 g/mol. The second-order valence-electron chi connectivity index (χ2n) is 9.57. The van der Waals surface area contributed by atoms with Crippen LogP contribution in [0, 0.1) is 5.92 Å². The number of ether oxygens (including phenoxy) is 3. The van der Waals surface area contributed by atoms with Crippen molar-refractivity contribution in [1.82, 2.24) is 10.2 Å². The smallest absolute Gasteiger partial charge is 0.319 e. The van der Waals surface area contributed by atoms with Crippen molar-refractivity contribution in [2.24, 2.45) is 5.92 Å². The topological polar surface area (TPSA) is 106 Å². The van der Waals surface area contributed by atoms with E-state index in [0.29, 0.717) is 28.9 Å². The van der Waals surface area contributed by atoms with Gasteiger partial charge in [-0.15, -0.1) is 0 Å². The number of hydrogen-bond donors (Lipinski definition) is 2. The average Bonchev–Trinajstić information content (AvgIpc) is 3.18. The highest BCUT2D eigenvalue weighted by atomic mass is 35.5. The van der Waals surface area contributed by atoms with Crippen molar-refractivity contribution in [3.63, 3.8) is 0 Å². The van der Waals surface area contributed by atoms with Gasteiger partial charge in [-0.25, -0.2) is 13.2 Å². The molecule has 2 amide bonds. The predicted octanol–water partition coefficient (Wildman–Crippen LogP) is 3.61. The van der Waals surface area contributed by atoms with Gasteiger partial charge in [0.05, 0.1) is 44.6 Å². The molecule has 37 heavy (non-hydrogen) atoms. The van der Waals surface area contributed by atoms with Crippen molar-refractivity contribution in [2.75, 3.05) is 51.2 Å². The molecule has 2 N–H and O–H groups in total. The minimum atomic E-state index is -3.26. The summed E-state index contributed by atoms with van der Waals surface area (Å²) in [5.41, 5.74) is 1.70. The molecule has 2 fully saturated rings. The fourth-order valence-electron chi connectivity index (χ4n) is 5.26. The molecule has 0 saturated carbocycles. The average molecular weight is 552 g/mol. The van der Waals surface area contributed by atoms with Gasteiger partial charge in [-0.1, -0.05) is 23.7 Å². The summed E-state index contributed by atoms with van der Waals surface area (Å²) in [6, 6.07) is 9.94. The summed E-state index contributed by atoms with van der Waals surface area (Å²) in [5.74, 6) is 1.72. The monoisotopic (exact) mass is 551 g/mol. The van der Waals surface area contributed by atoms with E-state index in [0.717, 1.165) is 37.4 Å². The van der Waals surface area contributed by atoms with E-state index in [1.807, 2.05) is 12.1 Å². The van der Waals surface area contributed by atoms with Gasteiger partial charge in [0.1, 0.15) is 0 Å². The van der Waals surface area contributed by atoms with E-state index >= 15 is 0 Å². The van der Waals surface area contributed by atoms with Gasteiger partial charge in [-0.2, -0.15) is 0 Å². The lowest BCUT2D eigenvalue weighted by Crippen LogP contribution is -2.54. The number of urea groups is 1. The minimum Gasteiger partial charge on any atom is -0.493 e. The van der Waals surface area contributed by atoms with Crippen molar-refractivity contribution in [1.29, 1.82) is 0 Å². The lowest BCUT2D eigenvalue weighted by Gasteiger charge is -2.38. The molecule has 2 aromatic carbocycles. The third-order valence-corrected chi connectivity index (χ3v) is 9.09. The highest BCUT2D eigenvalue weighted by molar-refractivity contribution is 7.91. The van der Waals surface area contributed by atoms with Gasteiger partial charge in [0.2, 0.25) is 5.75 Å². The van der Waals surface area contributed by atoms with E-state index in [-0.39, 0.29) is 17.5 Å². The van der Waals surface area contributed by atoms with Crippen LogP contribution in [-0.2, 0) is 16.3 Å². The largest absolute Gasteiger partial charge is 0.493 e. The lowest BCUT2D eigenvalue weighted by atomic mass is 9.89. The Morgan fingerprint density at radius 2 is 1.62 bits per heavy atom. The maximum absolute atomic E-state index is 12.9. The Kier molecular flexibility index (Phi) is 8.71. The van der Waals surface area contributed by atoms with Crippen LogP contribution in [0.25, 0.3) is 0 Å². The van der Waals surface area contributed by atoms with Gasteiger partial charge in [-0.3, -0.25) is 4.90 Å². The molecule has 2 aliphatic heterocycles. The summed E-state index contributed by atoms with van der Waals surface area (Å²) in [7, 11) is 1.23. The van der Waals surface area contributed by atoms with Crippen molar-refractivity contribution < 1.29 is 27.4 Å². The number of benzene rings is 2. The molecule has 11 heteroatoms. The highest BCUT2D eigenvalue weighted by Crippen LogP contribution is 2.40. The van der Waals surface area contributed by atoms with E-state index in [9.17, 15) is 13.2 Å². The van der Waals surface area contributed by atoms with Crippen molar-refractivity contribution in [2.45, 2.75) is 31.3 Å². The molecule has 2 saturated heterocycles. The van der Waals surface area contributed by atoms with E-state index < -0.39 is 21.9 Å². The van der Waals surface area contributed by atoms with Crippen molar-refractivity contribution in [3.05, 3.63) is 47.0 Å². The van der Waals surface area contributed by atoms with E-state index in [1.165, 1.54) is 26.9 Å². The van der Waals surface area contributed by atoms with Crippen LogP contribution in [0.3, 0.4) is 0 Å². The summed E-state index contributed by atoms with van der Waals surface area (Å²) >= 11 is 6.00. The summed E-state index contributed by atoms with van der Waals surface area (Å²) in [6.45, 7) is 1.59. The quantitative estimate of drug-likeness (QED) is 0.516. The Labute approximate surface area is 223 Å². The van der Waals surface area contributed by atoms with Gasteiger partial charge < -0.3 is 24.8 Å². The summed E-state index contributed by atoms with van der Waals surface area (Å²) in [4.78, 5) is 15.1. The molecule has 2 atom stereocenters. The van der Waals surface area contributed by atoms with Crippen LogP contribution < -0.4 is 24.8 Å². The number of methoxy groups -OCH3 is 3. The first-order valence-electron chi connectivity index (χ1n) is 12.3. The third kappa shape index (κ3) is 6.80. The minimum absolute atomic E-state index is 0.0456. The molecule has 0 aromatic heterocycles. The van der Waals surface area contributed by atoms with Crippen molar-refractivity contribution in [3.8, 4) is 17.2 Å². The third-order valence-electron chi connectivity index (χ3n) is 7.12. The molecule has 2 aliphatic rings. The van der Waals surface area contributed by atoms with Gasteiger partial charge in [0.25, 0.3) is 0 Å². The molecule has 202 valence electrons. The Bertz CT molecular complexity index is 1170. The van der Waals surface area contributed by atoms with Crippen LogP contribution in [0.1, 0.15) is 18.4 Å². The first-order chi connectivity index (χ1) is 17.7. The highest BCUT2D eigenvalue weighted by Gasteiger charge is 2.42. The maximum atomic E-state index is 12.9. The summed E-state index contributed by atoms with van der Waals surface area (Å²) < 4.78 is 41.1. The molecule has 0 radical (unpaired) electrons. The number of sulfone groups is 1. The van der Waals surface area contributed by atoms with Crippen molar-refractivity contribution >= 4 is 33.2 Å². The van der Waals surface area contributed by atoms with E-state index in [1.54, 1.807) is 12.1 Å². The van der Waals surface area contributed by atoms with Gasteiger partial charge in [-0.05, 0) is 56.0 Å². The molecular formula is C26H34ClN3O6S. The number of nitrogens with zero attached hydrogens (tertiary/aromatic N) is 1. The number of amides is 2. The molecule has 2 heterocycles. The number of hydrogen-bond acceptors (Lipinski definition) is 7. The van der Waals surface area contributed by atoms with Gasteiger partial charge in [0.15, 0.2) is 21.3 Å². The van der Waals surface area contributed by atoms with Crippen LogP contribution in [0.2, 0.25) is 5.02 Å². The second-order valence-corrected chi connectivity index (χ2v) is 12.2. The van der Waals surface area contributed by atoms with E-state index in [2.05, 4.69) is 27.7 Å². The molecule has 9 nitrogen and oxygen atoms in total. The number of halogens is 1.